The van der Waals surface area contributed by atoms with E-state index in [4.69, 9.17) is 9.47 Å². The van der Waals surface area contributed by atoms with E-state index < -0.39 is 6.10 Å². The highest BCUT2D eigenvalue weighted by atomic mass is 16.6. The smallest absolute Gasteiger partial charge is 0.306 e. The Morgan fingerprint density at radius 3 is 1.12 bits per heavy atom. The molecule has 0 aromatic carbocycles. The van der Waals surface area contributed by atoms with Gasteiger partial charge in [-0.25, -0.2) is 0 Å². The average Bonchev–Trinajstić information content (AvgIpc) is 3.09. The van der Waals surface area contributed by atoms with Gasteiger partial charge < -0.3 is 14.6 Å². The third-order valence-corrected chi connectivity index (χ3v) is 9.56. The van der Waals surface area contributed by atoms with Crippen molar-refractivity contribution in [1.82, 2.24) is 0 Å². The number of allylic oxidation sites excluding steroid dienone is 2. The Kier molecular flexibility index (Phi) is 38.9. The Labute approximate surface area is 299 Å². The van der Waals surface area contributed by atoms with Crippen molar-refractivity contribution in [2.45, 2.75) is 238 Å². The van der Waals surface area contributed by atoms with Crippen LogP contribution in [-0.4, -0.2) is 36.4 Å². The second kappa shape index (κ2) is 40.1. The third-order valence-electron chi connectivity index (χ3n) is 9.56. The summed E-state index contributed by atoms with van der Waals surface area (Å²) in [7, 11) is 0. The van der Waals surface area contributed by atoms with E-state index in [1.54, 1.807) is 0 Å². The fraction of sp³-hybridized carbons (Fsp3) is 0.907. The zero-order chi connectivity index (χ0) is 35.0. The van der Waals surface area contributed by atoms with Crippen LogP contribution in [0, 0.1) is 0 Å². The molecular formula is C43H82O5. The summed E-state index contributed by atoms with van der Waals surface area (Å²) in [5.74, 6) is -0.583. The summed E-state index contributed by atoms with van der Waals surface area (Å²) >= 11 is 0. The molecule has 0 spiro atoms. The molecule has 284 valence electrons. The molecule has 5 heteroatoms. The quantitative estimate of drug-likeness (QED) is 0.0398. The maximum absolute atomic E-state index is 12.2. The number of aliphatic hydroxyl groups is 1. The topological polar surface area (TPSA) is 72.8 Å². The summed E-state index contributed by atoms with van der Waals surface area (Å²) in [5.41, 5.74) is 0. The molecule has 1 unspecified atom stereocenters. The standard InChI is InChI=1S/C43H82O5/c1-3-5-7-9-11-13-15-17-19-21-23-25-27-29-31-33-35-37-42(45)47-40-41(39-44)48-43(46)38-36-34-32-30-28-26-24-22-20-18-16-14-12-10-8-6-4-2/h18,20,41,44H,3-17,19,21-40H2,1-2H3. The van der Waals surface area contributed by atoms with Crippen molar-refractivity contribution < 1.29 is 24.2 Å². The molecule has 0 saturated carbocycles. The molecule has 0 saturated heterocycles. The van der Waals surface area contributed by atoms with Crippen molar-refractivity contribution in [3.8, 4) is 0 Å². The predicted octanol–water partition coefficient (Wildman–Crippen LogP) is 13.3. The molecule has 0 bridgehead atoms. The Bertz CT molecular complexity index is 691. The van der Waals surface area contributed by atoms with E-state index in [2.05, 4.69) is 26.0 Å². The summed E-state index contributed by atoms with van der Waals surface area (Å²) in [6.45, 7) is 4.16. The Balaban J connectivity index is 3.50. The molecular weight excluding hydrogens is 596 g/mol. The fourth-order valence-corrected chi connectivity index (χ4v) is 6.31. The molecule has 0 heterocycles. The highest BCUT2D eigenvalue weighted by Crippen LogP contribution is 2.15. The van der Waals surface area contributed by atoms with Gasteiger partial charge in [-0.15, -0.1) is 0 Å². The molecule has 1 N–H and O–H groups in total. The number of esters is 2. The molecule has 0 radical (unpaired) electrons. The monoisotopic (exact) mass is 679 g/mol. The van der Waals surface area contributed by atoms with E-state index in [0.717, 1.165) is 32.1 Å². The van der Waals surface area contributed by atoms with Crippen molar-refractivity contribution in [3.05, 3.63) is 12.2 Å². The number of unbranched alkanes of at least 4 members (excludes halogenated alkanes) is 29. The van der Waals surface area contributed by atoms with Gasteiger partial charge in [0, 0.05) is 12.8 Å². The number of carbonyl (C=O) groups is 2. The van der Waals surface area contributed by atoms with Crippen molar-refractivity contribution >= 4 is 11.9 Å². The lowest BCUT2D eigenvalue weighted by Gasteiger charge is -2.15. The normalized spacial score (nSPS) is 12.1. The molecule has 0 aliphatic heterocycles. The van der Waals surface area contributed by atoms with Crippen LogP contribution in [0.25, 0.3) is 0 Å². The van der Waals surface area contributed by atoms with Gasteiger partial charge in [0.2, 0.25) is 0 Å². The van der Waals surface area contributed by atoms with Crippen LogP contribution in [0.3, 0.4) is 0 Å². The van der Waals surface area contributed by atoms with E-state index in [1.165, 1.54) is 173 Å². The first-order chi connectivity index (χ1) is 23.6. The van der Waals surface area contributed by atoms with Crippen LogP contribution in [0.4, 0.5) is 0 Å². The van der Waals surface area contributed by atoms with Crippen molar-refractivity contribution in [1.29, 1.82) is 0 Å². The number of rotatable bonds is 39. The predicted molar refractivity (Wildman–Crippen MR) is 205 cm³/mol. The molecule has 0 aliphatic rings. The molecule has 5 nitrogen and oxygen atoms in total. The lowest BCUT2D eigenvalue weighted by molar-refractivity contribution is -0.161. The minimum absolute atomic E-state index is 0.0612. The number of carbonyl (C=O) groups excluding carboxylic acids is 2. The van der Waals surface area contributed by atoms with Crippen molar-refractivity contribution in [2.24, 2.45) is 0 Å². The molecule has 0 aliphatic carbocycles. The summed E-state index contributed by atoms with van der Waals surface area (Å²) < 4.78 is 10.6. The van der Waals surface area contributed by atoms with Crippen LogP contribution >= 0.6 is 0 Å². The Morgan fingerprint density at radius 2 is 0.771 bits per heavy atom. The van der Waals surface area contributed by atoms with E-state index in [9.17, 15) is 14.7 Å². The first-order valence-corrected chi connectivity index (χ1v) is 21.2. The van der Waals surface area contributed by atoms with Gasteiger partial charge in [-0.3, -0.25) is 9.59 Å². The van der Waals surface area contributed by atoms with Crippen LogP contribution in [0.2, 0.25) is 0 Å². The van der Waals surface area contributed by atoms with Crippen LogP contribution in [-0.2, 0) is 19.1 Å². The molecule has 1 atom stereocenters. The largest absolute Gasteiger partial charge is 0.462 e. The lowest BCUT2D eigenvalue weighted by Crippen LogP contribution is -2.28. The van der Waals surface area contributed by atoms with Crippen LogP contribution < -0.4 is 0 Å². The highest BCUT2D eigenvalue weighted by Gasteiger charge is 2.16. The summed E-state index contributed by atoms with van der Waals surface area (Å²) in [4.78, 5) is 24.3. The first-order valence-electron chi connectivity index (χ1n) is 21.2. The van der Waals surface area contributed by atoms with Crippen LogP contribution in [0.5, 0.6) is 0 Å². The highest BCUT2D eigenvalue weighted by molar-refractivity contribution is 5.70. The minimum Gasteiger partial charge on any atom is -0.462 e. The van der Waals surface area contributed by atoms with Crippen molar-refractivity contribution in [2.75, 3.05) is 13.2 Å². The van der Waals surface area contributed by atoms with E-state index >= 15 is 0 Å². The lowest BCUT2D eigenvalue weighted by atomic mass is 10.0. The van der Waals surface area contributed by atoms with Crippen LogP contribution in [0.1, 0.15) is 232 Å². The van der Waals surface area contributed by atoms with E-state index in [0.29, 0.717) is 12.8 Å². The molecule has 0 rings (SSSR count). The van der Waals surface area contributed by atoms with Crippen molar-refractivity contribution in [3.63, 3.8) is 0 Å². The zero-order valence-corrected chi connectivity index (χ0v) is 32.3. The molecule has 0 aromatic heterocycles. The van der Waals surface area contributed by atoms with Crippen LogP contribution in [0.15, 0.2) is 12.2 Å². The SMILES string of the molecule is CCCCCCCCC=CCCCCCCCCCC(=O)OC(CO)COC(=O)CCCCCCCCCCCCCCCCCCC. The molecule has 48 heavy (non-hydrogen) atoms. The second-order valence-electron chi connectivity index (χ2n) is 14.4. The Hall–Kier alpha value is -1.36. The summed E-state index contributed by atoms with van der Waals surface area (Å²) in [6.07, 6.45) is 45.6. The van der Waals surface area contributed by atoms with Gasteiger partial charge >= 0.3 is 11.9 Å². The van der Waals surface area contributed by atoms with E-state index in [-0.39, 0.29) is 25.2 Å². The van der Waals surface area contributed by atoms with Gasteiger partial charge in [0.15, 0.2) is 6.10 Å². The maximum Gasteiger partial charge on any atom is 0.306 e. The average molecular weight is 679 g/mol. The Morgan fingerprint density at radius 1 is 0.458 bits per heavy atom. The van der Waals surface area contributed by atoms with Gasteiger partial charge in [0.1, 0.15) is 6.61 Å². The van der Waals surface area contributed by atoms with Gasteiger partial charge in [-0.2, -0.15) is 0 Å². The third kappa shape index (κ3) is 37.5. The van der Waals surface area contributed by atoms with E-state index in [1.807, 2.05) is 0 Å². The second-order valence-corrected chi connectivity index (χ2v) is 14.4. The minimum atomic E-state index is -0.767. The van der Waals surface area contributed by atoms with Gasteiger partial charge in [0.25, 0.3) is 0 Å². The summed E-state index contributed by atoms with van der Waals surface area (Å²) in [6, 6.07) is 0. The zero-order valence-electron chi connectivity index (χ0n) is 32.3. The summed E-state index contributed by atoms with van der Waals surface area (Å²) in [5, 5.41) is 9.57. The van der Waals surface area contributed by atoms with Gasteiger partial charge in [-0.05, 0) is 38.5 Å². The fourth-order valence-electron chi connectivity index (χ4n) is 6.31. The van der Waals surface area contributed by atoms with Gasteiger partial charge in [-0.1, -0.05) is 193 Å². The number of aliphatic hydroxyl groups excluding tert-OH is 1. The first kappa shape index (κ1) is 46.6. The number of ether oxygens (including phenoxy) is 2. The maximum atomic E-state index is 12.2. The number of hydrogen-bond donors (Lipinski definition) is 1. The molecule has 0 amide bonds. The number of hydrogen-bond acceptors (Lipinski definition) is 5. The molecule has 0 fully saturated rings. The molecule has 0 aromatic rings. The van der Waals surface area contributed by atoms with Gasteiger partial charge in [0.05, 0.1) is 6.61 Å².